The molecule has 0 saturated carbocycles. The van der Waals surface area contributed by atoms with E-state index in [0.717, 1.165) is 0 Å². The average Bonchev–Trinajstić information content (AvgIpc) is 2.61. The second-order valence-corrected chi connectivity index (χ2v) is 5.67. The molecule has 2 aromatic rings. The highest BCUT2D eigenvalue weighted by molar-refractivity contribution is 9.10. The number of halogens is 1. The summed E-state index contributed by atoms with van der Waals surface area (Å²) in [4.78, 5) is 22.2. The maximum absolute atomic E-state index is 11.8. The highest BCUT2D eigenvalue weighted by atomic mass is 79.9. The van der Waals surface area contributed by atoms with Crippen molar-refractivity contribution in [2.24, 2.45) is 5.10 Å². The second kappa shape index (κ2) is 8.78. The Balaban J connectivity index is 1.90. The second-order valence-electron chi connectivity index (χ2n) is 4.81. The largest absolute Gasteiger partial charge is 0.495 e. The lowest BCUT2D eigenvalue weighted by Crippen LogP contribution is -2.26. The fourth-order valence-corrected chi connectivity index (χ4v) is 2.33. The molecule has 0 heterocycles. The molecule has 0 aromatic heterocycles. The fourth-order valence-electron chi connectivity index (χ4n) is 1.93. The van der Waals surface area contributed by atoms with Gasteiger partial charge in [-0.2, -0.15) is 5.10 Å². The van der Waals surface area contributed by atoms with Gasteiger partial charge in [0, 0.05) is 11.6 Å². The SMILES string of the molecule is COc1ccccc1NCC(=O)N/N=C\c1ccc(Br)c([N+](=O)[O-])c1. The molecule has 0 saturated heterocycles. The Morgan fingerprint density at radius 1 is 1.36 bits per heavy atom. The van der Waals surface area contributed by atoms with Crippen LogP contribution in [0, 0.1) is 10.1 Å². The summed E-state index contributed by atoms with van der Waals surface area (Å²) in [6.45, 7) is -0.00179. The number of rotatable bonds is 7. The van der Waals surface area contributed by atoms with Gasteiger partial charge in [0.25, 0.3) is 11.6 Å². The maximum atomic E-state index is 11.8. The number of benzene rings is 2. The minimum absolute atomic E-state index is 0.00179. The van der Waals surface area contributed by atoms with Gasteiger partial charge in [0.15, 0.2) is 0 Å². The van der Waals surface area contributed by atoms with Crippen molar-refractivity contribution in [1.82, 2.24) is 5.43 Å². The lowest BCUT2D eigenvalue weighted by molar-refractivity contribution is -0.385. The third-order valence-electron chi connectivity index (χ3n) is 3.12. The molecule has 0 aliphatic heterocycles. The summed E-state index contributed by atoms with van der Waals surface area (Å²) in [5.74, 6) is 0.259. The third kappa shape index (κ3) is 5.28. The Morgan fingerprint density at radius 3 is 2.84 bits per heavy atom. The van der Waals surface area contributed by atoms with Gasteiger partial charge in [-0.1, -0.05) is 18.2 Å². The van der Waals surface area contributed by atoms with E-state index in [9.17, 15) is 14.9 Å². The number of hydrogen-bond donors (Lipinski definition) is 2. The van der Waals surface area contributed by atoms with Crippen LogP contribution in [0.15, 0.2) is 52.0 Å². The normalized spacial score (nSPS) is 10.5. The molecule has 0 spiro atoms. The van der Waals surface area contributed by atoms with Gasteiger partial charge < -0.3 is 10.1 Å². The van der Waals surface area contributed by atoms with E-state index in [4.69, 9.17) is 4.74 Å². The number of nitrogens with zero attached hydrogens (tertiary/aromatic N) is 2. The van der Waals surface area contributed by atoms with E-state index in [1.807, 2.05) is 12.1 Å². The summed E-state index contributed by atoms with van der Waals surface area (Å²) in [7, 11) is 1.54. The highest BCUT2D eigenvalue weighted by Crippen LogP contribution is 2.25. The van der Waals surface area contributed by atoms with E-state index in [1.54, 1.807) is 31.4 Å². The molecule has 2 N–H and O–H groups in total. The van der Waals surface area contributed by atoms with Crippen LogP contribution in [0.2, 0.25) is 0 Å². The van der Waals surface area contributed by atoms with Crippen molar-refractivity contribution in [3.8, 4) is 5.75 Å². The number of anilines is 1. The van der Waals surface area contributed by atoms with Crippen LogP contribution in [0.5, 0.6) is 5.75 Å². The number of hydrogen-bond acceptors (Lipinski definition) is 6. The lowest BCUT2D eigenvalue weighted by atomic mass is 10.2. The first kappa shape index (κ1) is 18.4. The first-order valence-corrected chi connectivity index (χ1v) is 7.93. The van der Waals surface area contributed by atoms with Gasteiger partial charge in [-0.15, -0.1) is 0 Å². The molecule has 0 atom stereocenters. The van der Waals surface area contributed by atoms with Gasteiger partial charge in [0.2, 0.25) is 0 Å². The molecule has 0 aliphatic rings. The third-order valence-corrected chi connectivity index (χ3v) is 3.79. The number of amides is 1. The first-order valence-electron chi connectivity index (χ1n) is 7.14. The Morgan fingerprint density at radius 2 is 2.12 bits per heavy atom. The zero-order valence-electron chi connectivity index (χ0n) is 13.2. The number of nitro groups is 1. The summed E-state index contributed by atoms with van der Waals surface area (Å²) in [5, 5.41) is 17.6. The topological polar surface area (TPSA) is 106 Å². The number of ether oxygens (including phenoxy) is 1. The zero-order valence-corrected chi connectivity index (χ0v) is 14.8. The molecule has 0 aliphatic carbocycles. The van der Waals surface area contributed by atoms with Gasteiger partial charge in [0.05, 0.1) is 35.0 Å². The number of para-hydroxylation sites is 2. The lowest BCUT2D eigenvalue weighted by Gasteiger charge is -2.09. The summed E-state index contributed by atoms with van der Waals surface area (Å²) < 4.78 is 5.55. The van der Waals surface area contributed by atoms with Crippen molar-refractivity contribution in [3.05, 3.63) is 62.6 Å². The van der Waals surface area contributed by atoms with Crippen LogP contribution in [0.3, 0.4) is 0 Å². The molecule has 1 amide bonds. The monoisotopic (exact) mass is 406 g/mol. The molecule has 8 nitrogen and oxygen atoms in total. The van der Waals surface area contributed by atoms with E-state index in [-0.39, 0.29) is 18.1 Å². The van der Waals surface area contributed by atoms with Crippen molar-refractivity contribution >= 4 is 39.4 Å². The van der Waals surface area contributed by atoms with E-state index >= 15 is 0 Å². The number of methoxy groups -OCH3 is 1. The van der Waals surface area contributed by atoms with Gasteiger partial charge in [0.1, 0.15) is 5.75 Å². The van der Waals surface area contributed by atoms with Crippen LogP contribution < -0.4 is 15.5 Å². The Hall–Kier alpha value is -2.94. The minimum Gasteiger partial charge on any atom is -0.495 e. The molecule has 2 aromatic carbocycles. The molecule has 25 heavy (non-hydrogen) atoms. The number of carbonyl (C=O) groups is 1. The molecule has 0 fully saturated rings. The van der Waals surface area contributed by atoms with Crippen LogP contribution >= 0.6 is 15.9 Å². The number of nitro benzene ring substituents is 1. The number of nitrogens with one attached hydrogen (secondary N) is 2. The van der Waals surface area contributed by atoms with Crippen molar-refractivity contribution < 1.29 is 14.5 Å². The number of hydrazone groups is 1. The van der Waals surface area contributed by atoms with E-state index in [2.05, 4.69) is 31.8 Å². The zero-order chi connectivity index (χ0) is 18.2. The van der Waals surface area contributed by atoms with Gasteiger partial charge in [-0.25, -0.2) is 5.43 Å². The van der Waals surface area contributed by atoms with Crippen LogP contribution in [0.25, 0.3) is 0 Å². The minimum atomic E-state index is -0.503. The summed E-state index contributed by atoms with van der Waals surface area (Å²) in [5.41, 5.74) is 3.45. The molecule has 0 radical (unpaired) electrons. The predicted molar refractivity (Wildman–Crippen MR) is 98.0 cm³/mol. The highest BCUT2D eigenvalue weighted by Gasteiger charge is 2.11. The molecular formula is C16H15BrN4O4. The fraction of sp³-hybridized carbons (Fsp3) is 0.125. The van der Waals surface area contributed by atoms with Gasteiger partial charge in [-0.3, -0.25) is 14.9 Å². The van der Waals surface area contributed by atoms with Crippen LogP contribution in [0.1, 0.15) is 5.56 Å². The summed E-state index contributed by atoms with van der Waals surface area (Å²) in [6, 6.07) is 11.7. The van der Waals surface area contributed by atoms with E-state index < -0.39 is 4.92 Å². The Kier molecular flexibility index (Phi) is 6.47. The smallest absolute Gasteiger partial charge is 0.284 e. The maximum Gasteiger partial charge on any atom is 0.284 e. The quantitative estimate of drug-likeness (QED) is 0.417. The Bertz CT molecular complexity index is 810. The summed E-state index contributed by atoms with van der Waals surface area (Å²) >= 11 is 3.10. The average molecular weight is 407 g/mol. The summed E-state index contributed by atoms with van der Waals surface area (Å²) in [6.07, 6.45) is 1.33. The van der Waals surface area contributed by atoms with E-state index in [1.165, 1.54) is 12.3 Å². The van der Waals surface area contributed by atoms with Gasteiger partial charge >= 0.3 is 0 Å². The molecular weight excluding hydrogens is 392 g/mol. The molecule has 9 heteroatoms. The molecule has 0 unspecified atom stereocenters. The van der Waals surface area contributed by atoms with Crippen LogP contribution in [0.4, 0.5) is 11.4 Å². The number of carbonyl (C=O) groups excluding carboxylic acids is 1. The van der Waals surface area contributed by atoms with Crippen LogP contribution in [-0.4, -0.2) is 30.7 Å². The van der Waals surface area contributed by atoms with Crippen molar-refractivity contribution in [1.29, 1.82) is 0 Å². The van der Waals surface area contributed by atoms with Crippen molar-refractivity contribution in [3.63, 3.8) is 0 Å². The molecule has 130 valence electrons. The molecule has 0 bridgehead atoms. The molecule has 2 rings (SSSR count). The Labute approximate surface area is 152 Å². The van der Waals surface area contributed by atoms with Crippen molar-refractivity contribution in [2.45, 2.75) is 0 Å². The predicted octanol–water partition coefficient (Wildman–Crippen LogP) is 2.93. The van der Waals surface area contributed by atoms with Gasteiger partial charge in [-0.05, 0) is 34.1 Å². The standard InChI is InChI=1S/C16H15BrN4O4/c1-25-15-5-3-2-4-13(15)18-10-16(22)20-19-9-11-6-7-12(17)14(8-11)21(23)24/h2-9,18H,10H2,1H3,(H,20,22)/b19-9-. The van der Waals surface area contributed by atoms with E-state index in [0.29, 0.717) is 21.5 Å². The van der Waals surface area contributed by atoms with Crippen LogP contribution in [-0.2, 0) is 4.79 Å². The first-order chi connectivity index (χ1) is 12.0. The van der Waals surface area contributed by atoms with Crippen molar-refractivity contribution in [2.75, 3.05) is 19.0 Å².